The maximum absolute atomic E-state index is 11.7. The molecule has 0 saturated carbocycles. The monoisotopic (exact) mass is 220 g/mol. The summed E-state index contributed by atoms with van der Waals surface area (Å²) in [7, 11) is 0. The molecule has 0 spiro atoms. The van der Waals surface area contributed by atoms with Crippen LogP contribution in [0.15, 0.2) is 24.3 Å². The van der Waals surface area contributed by atoms with Gasteiger partial charge in [-0.2, -0.15) is 0 Å². The summed E-state index contributed by atoms with van der Waals surface area (Å²) in [5.74, 6) is 0.215. The van der Waals surface area contributed by atoms with E-state index in [9.17, 15) is 9.90 Å². The number of aromatic hydroxyl groups is 1. The van der Waals surface area contributed by atoms with Crippen LogP contribution in [0.4, 0.5) is 0 Å². The molecule has 1 aromatic rings. The van der Waals surface area contributed by atoms with Gasteiger partial charge in [-0.25, -0.2) is 0 Å². The highest BCUT2D eigenvalue weighted by Crippen LogP contribution is 2.11. The lowest BCUT2D eigenvalue weighted by atomic mass is 10.1. The first-order chi connectivity index (χ1) is 7.74. The molecule has 1 aliphatic rings. The Kier molecular flexibility index (Phi) is 3.41. The Morgan fingerprint density at radius 3 is 3.12 bits per heavy atom. The average Bonchev–Trinajstić information content (AvgIpc) is 2.70. The van der Waals surface area contributed by atoms with Crippen molar-refractivity contribution in [1.29, 1.82) is 0 Å². The van der Waals surface area contributed by atoms with Gasteiger partial charge in [-0.05, 0) is 30.7 Å². The van der Waals surface area contributed by atoms with Gasteiger partial charge in [-0.15, -0.1) is 0 Å². The van der Waals surface area contributed by atoms with Crippen LogP contribution in [-0.4, -0.2) is 30.1 Å². The molecule has 0 radical (unpaired) electrons. The summed E-state index contributed by atoms with van der Waals surface area (Å²) in [4.78, 5) is 11.7. The SMILES string of the molecule is O=C(Cc1cccc(O)c1)NC1CCNC1. The molecule has 16 heavy (non-hydrogen) atoms. The molecule has 1 aromatic carbocycles. The topological polar surface area (TPSA) is 61.4 Å². The van der Waals surface area contributed by atoms with E-state index in [1.165, 1.54) is 0 Å². The number of nitrogens with one attached hydrogen (secondary N) is 2. The molecule has 86 valence electrons. The van der Waals surface area contributed by atoms with Gasteiger partial charge in [-0.1, -0.05) is 12.1 Å². The van der Waals surface area contributed by atoms with E-state index in [1.807, 2.05) is 6.07 Å². The van der Waals surface area contributed by atoms with E-state index in [4.69, 9.17) is 0 Å². The predicted molar refractivity (Wildman–Crippen MR) is 61.2 cm³/mol. The van der Waals surface area contributed by atoms with Crippen LogP contribution in [0.3, 0.4) is 0 Å². The van der Waals surface area contributed by atoms with Crippen molar-refractivity contribution in [2.24, 2.45) is 0 Å². The van der Waals surface area contributed by atoms with Crippen molar-refractivity contribution in [3.63, 3.8) is 0 Å². The van der Waals surface area contributed by atoms with Crippen LogP contribution in [0.1, 0.15) is 12.0 Å². The first kappa shape index (κ1) is 11.0. The van der Waals surface area contributed by atoms with Gasteiger partial charge in [-0.3, -0.25) is 4.79 Å². The number of amides is 1. The van der Waals surface area contributed by atoms with Crippen molar-refractivity contribution in [2.45, 2.75) is 18.9 Å². The molecule has 4 heteroatoms. The average molecular weight is 220 g/mol. The molecule has 2 rings (SSSR count). The fourth-order valence-electron chi connectivity index (χ4n) is 1.91. The Bertz CT molecular complexity index is 373. The smallest absolute Gasteiger partial charge is 0.224 e. The highest BCUT2D eigenvalue weighted by Gasteiger charge is 2.16. The first-order valence-corrected chi connectivity index (χ1v) is 5.52. The summed E-state index contributed by atoms with van der Waals surface area (Å²) < 4.78 is 0. The van der Waals surface area contributed by atoms with E-state index < -0.39 is 0 Å². The van der Waals surface area contributed by atoms with Gasteiger partial charge in [0.2, 0.25) is 5.91 Å². The number of benzene rings is 1. The Hall–Kier alpha value is -1.55. The van der Waals surface area contributed by atoms with Crippen molar-refractivity contribution in [2.75, 3.05) is 13.1 Å². The van der Waals surface area contributed by atoms with Crippen LogP contribution in [0.25, 0.3) is 0 Å². The summed E-state index contributed by atoms with van der Waals surface area (Å²) in [6.45, 7) is 1.82. The van der Waals surface area contributed by atoms with E-state index in [-0.39, 0.29) is 17.7 Å². The molecule has 1 atom stereocenters. The molecule has 0 bridgehead atoms. The molecular formula is C12H16N2O2. The van der Waals surface area contributed by atoms with Crippen LogP contribution in [0.5, 0.6) is 5.75 Å². The van der Waals surface area contributed by atoms with Gasteiger partial charge in [0.1, 0.15) is 5.75 Å². The van der Waals surface area contributed by atoms with Crippen LogP contribution in [0.2, 0.25) is 0 Å². The Labute approximate surface area is 94.7 Å². The maximum Gasteiger partial charge on any atom is 0.224 e. The quantitative estimate of drug-likeness (QED) is 0.691. The zero-order chi connectivity index (χ0) is 11.4. The first-order valence-electron chi connectivity index (χ1n) is 5.52. The zero-order valence-corrected chi connectivity index (χ0v) is 9.07. The lowest BCUT2D eigenvalue weighted by molar-refractivity contribution is -0.121. The minimum Gasteiger partial charge on any atom is -0.508 e. The molecule has 3 N–H and O–H groups in total. The minimum absolute atomic E-state index is 0.0132. The Morgan fingerprint density at radius 2 is 2.44 bits per heavy atom. The van der Waals surface area contributed by atoms with Crippen molar-refractivity contribution in [1.82, 2.24) is 10.6 Å². The summed E-state index contributed by atoms with van der Waals surface area (Å²) in [5, 5.41) is 15.4. The molecular weight excluding hydrogens is 204 g/mol. The summed E-state index contributed by atoms with van der Waals surface area (Å²) in [5.41, 5.74) is 0.837. The van der Waals surface area contributed by atoms with Gasteiger partial charge in [0, 0.05) is 12.6 Å². The molecule has 1 fully saturated rings. The van der Waals surface area contributed by atoms with Crippen LogP contribution in [-0.2, 0) is 11.2 Å². The van der Waals surface area contributed by atoms with E-state index in [0.29, 0.717) is 6.42 Å². The lowest BCUT2D eigenvalue weighted by Gasteiger charge is -2.11. The fraction of sp³-hybridized carbons (Fsp3) is 0.417. The second kappa shape index (κ2) is 4.99. The van der Waals surface area contributed by atoms with Crippen molar-refractivity contribution in [3.05, 3.63) is 29.8 Å². The van der Waals surface area contributed by atoms with E-state index in [1.54, 1.807) is 18.2 Å². The Morgan fingerprint density at radius 1 is 1.56 bits per heavy atom. The molecule has 1 amide bonds. The number of phenolic OH excluding ortho intramolecular Hbond substituents is 1. The van der Waals surface area contributed by atoms with Gasteiger partial charge in [0.25, 0.3) is 0 Å². The summed E-state index contributed by atoms with van der Waals surface area (Å²) in [6, 6.07) is 7.06. The third-order valence-electron chi connectivity index (χ3n) is 2.70. The number of hydrogen-bond donors (Lipinski definition) is 3. The lowest BCUT2D eigenvalue weighted by Crippen LogP contribution is -2.37. The van der Waals surface area contributed by atoms with Crippen molar-refractivity contribution < 1.29 is 9.90 Å². The standard InChI is InChI=1S/C12H16N2O2/c15-11-3-1-2-9(6-11)7-12(16)14-10-4-5-13-8-10/h1-3,6,10,13,15H,4-5,7-8H2,(H,14,16). The number of carbonyl (C=O) groups is 1. The van der Waals surface area contributed by atoms with Gasteiger partial charge >= 0.3 is 0 Å². The minimum atomic E-state index is 0.0132. The van der Waals surface area contributed by atoms with Gasteiger partial charge in [0.15, 0.2) is 0 Å². The number of hydrogen-bond acceptors (Lipinski definition) is 3. The van der Waals surface area contributed by atoms with Gasteiger partial charge < -0.3 is 15.7 Å². The molecule has 1 aliphatic heterocycles. The molecule has 1 heterocycles. The van der Waals surface area contributed by atoms with E-state index >= 15 is 0 Å². The van der Waals surface area contributed by atoms with Gasteiger partial charge in [0.05, 0.1) is 6.42 Å². The third kappa shape index (κ3) is 2.97. The molecule has 0 aliphatic carbocycles. The number of phenols is 1. The number of rotatable bonds is 3. The molecule has 1 unspecified atom stereocenters. The zero-order valence-electron chi connectivity index (χ0n) is 9.07. The normalized spacial score (nSPS) is 19.6. The maximum atomic E-state index is 11.7. The highest BCUT2D eigenvalue weighted by molar-refractivity contribution is 5.79. The van der Waals surface area contributed by atoms with Crippen molar-refractivity contribution >= 4 is 5.91 Å². The second-order valence-electron chi connectivity index (χ2n) is 4.10. The fourth-order valence-corrected chi connectivity index (χ4v) is 1.91. The number of carbonyl (C=O) groups excluding carboxylic acids is 1. The van der Waals surface area contributed by atoms with Crippen LogP contribution >= 0.6 is 0 Å². The molecule has 1 saturated heterocycles. The Balaban J connectivity index is 1.86. The summed E-state index contributed by atoms with van der Waals surface area (Å²) >= 11 is 0. The second-order valence-corrected chi connectivity index (χ2v) is 4.10. The predicted octanol–water partition coefficient (Wildman–Crippen LogP) is 0.413. The third-order valence-corrected chi connectivity index (χ3v) is 2.70. The van der Waals surface area contributed by atoms with Crippen LogP contribution < -0.4 is 10.6 Å². The van der Waals surface area contributed by atoms with E-state index in [2.05, 4.69) is 10.6 Å². The van der Waals surface area contributed by atoms with Crippen molar-refractivity contribution in [3.8, 4) is 5.75 Å². The molecule has 4 nitrogen and oxygen atoms in total. The summed E-state index contributed by atoms with van der Waals surface area (Å²) in [6.07, 6.45) is 1.32. The molecule has 0 aromatic heterocycles. The highest BCUT2D eigenvalue weighted by atomic mass is 16.3. The largest absolute Gasteiger partial charge is 0.508 e. The van der Waals surface area contributed by atoms with E-state index in [0.717, 1.165) is 25.1 Å². The van der Waals surface area contributed by atoms with Crippen LogP contribution in [0, 0.1) is 0 Å².